The van der Waals surface area contributed by atoms with Crippen LogP contribution in [0.4, 0.5) is 0 Å². The van der Waals surface area contributed by atoms with Gasteiger partial charge in [0.15, 0.2) is 0 Å². The predicted octanol–water partition coefficient (Wildman–Crippen LogP) is 6.80. The van der Waals surface area contributed by atoms with E-state index < -0.39 is 0 Å². The van der Waals surface area contributed by atoms with Crippen molar-refractivity contribution in [3.05, 3.63) is 102 Å². The highest BCUT2D eigenvalue weighted by Crippen LogP contribution is 2.49. The van der Waals surface area contributed by atoms with Gasteiger partial charge in [0.05, 0.1) is 5.38 Å². The van der Waals surface area contributed by atoms with Crippen molar-refractivity contribution in [2.45, 2.75) is 23.8 Å². The maximum Gasteiger partial charge on any atom is 0.126 e. The lowest BCUT2D eigenvalue weighted by Gasteiger charge is -2.36. The molecular weight excluding hydrogens is 402 g/mol. The number of halogens is 1. The van der Waals surface area contributed by atoms with E-state index in [-0.39, 0.29) is 17.3 Å². The van der Waals surface area contributed by atoms with Crippen molar-refractivity contribution < 1.29 is 5.11 Å². The number of rotatable bonds is 1. The number of fused-ring (bicyclic) bond motifs is 6. The minimum atomic E-state index is -0.304. The van der Waals surface area contributed by atoms with Gasteiger partial charge in [0, 0.05) is 22.9 Å². The van der Waals surface area contributed by atoms with Crippen LogP contribution >= 0.6 is 11.6 Å². The van der Waals surface area contributed by atoms with Crippen LogP contribution in [0.1, 0.15) is 28.0 Å². The first-order valence-electron chi connectivity index (χ1n) is 10.7. The van der Waals surface area contributed by atoms with E-state index in [1.165, 1.54) is 27.1 Å². The summed E-state index contributed by atoms with van der Waals surface area (Å²) in [5.41, 5.74) is 9.91. The fourth-order valence-corrected chi connectivity index (χ4v) is 5.88. The lowest BCUT2D eigenvalue weighted by Crippen LogP contribution is -2.37. The number of aromatic hydroxyl groups is 1. The molecule has 0 heterocycles. The lowest BCUT2D eigenvalue weighted by atomic mass is 9.74. The van der Waals surface area contributed by atoms with Crippen LogP contribution in [0.25, 0.3) is 32.3 Å². The molecule has 0 saturated carbocycles. The Morgan fingerprint density at radius 2 is 1.29 bits per heavy atom. The van der Waals surface area contributed by atoms with Gasteiger partial charge < -0.3 is 10.8 Å². The first-order valence-corrected chi connectivity index (χ1v) is 11.1. The molecule has 0 aromatic heterocycles. The first kappa shape index (κ1) is 18.7. The molecule has 3 heteroatoms. The molecule has 5 aromatic carbocycles. The molecule has 3 N–H and O–H groups in total. The Balaban J connectivity index is 1.53. The molecule has 3 atom stereocenters. The second-order valence-electron chi connectivity index (χ2n) is 8.54. The molecule has 2 nitrogen and oxygen atoms in total. The van der Waals surface area contributed by atoms with Gasteiger partial charge in [-0.2, -0.15) is 0 Å². The van der Waals surface area contributed by atoms with E-state index in [0.29, 0.717) is 5.75 Å². The molecule has 0 fully saturated rings. The third kappa shape index (κ3) is 2.76. The van der Waals surface area contributed by atoms with Crippen molar-refractivity contribution in [2.24, 2.45) is 5.73 Å². The van der Waals surface area contributed by atoms with Crippen molar-refractivity contribution in [1.82, 2.24) is 0 Å². The van der Waals surface area contributed by atoms with Crippen LogP contribution in [0.5, 0.6) is 5.75 Å². The zero-order valence-electron chi connectivity index (χ0n) is 16.9. The van der Waals surface area contributed by atoms with E-state index in [2.05, 4.69) is 48.5 Å². The third-order valence-electron chi connectivity index (χ3n) is 6.88. The molecule has 31 heavy (non-hydrogen) atoms. The summed E-state index contributed by atoms with van der Waals surface area (Å²) in [4.78, 5) is 0. The van der Waals surface area contributed by atoms with Gasteiger partial charge in [-0.25, -0.2) is 0 Å². The maximum atomic E-state index is 11.1. The molecule has 0 aliphatic heterocycles. The number of nitrogens with two attached hydrogens (primary N) is 1. The highest BCUT2D eigenvalue weighted by Gasteiger charge is 2.37. The van der Waals surface area contributed by atoms with Gasteiger partial charge in [0.2, 0.25) is 0 Å². The largest absolute Gasteiger partial charge is 0.507 e. The van der Waals surface area contributed by atoms with Gasteiger partial charge in [-0.05, 0) is 44.5 Å². The number of phenols is 1. The lowest BCUT2D eigenvalue weighted by molar-refractivity contribution is 0.437. The molecule has 1 aliphatic carbocycles. The summed E-state index contributed by atoms with van der Waals surface area (Å²) < 4.78 is 0. The molecule has 3 unspecified atom stereocenters. The summed E-state index contributed by atoms with van der Waals surface area (Å²) in [5, 5.41) is 17.5. The standard InChI is InChI=1S/C28H22ClNO/c29-27-22-14-13-20-18-7-3-1-5-16(18)9-11-21(20)24(22)15-25(30)26(27)23-12-10-17-6-2-4-8-19(17)28(23)31/h1-14,25-27,31H,15,30H2. The molecular formula is C28H22ClNO. The summed E-state index contributed by atoms with van der Waals surface area (Å²) >= 11 is 7.09. The van der Waals surface area contributed by atoms with Gasteiger partial charge in [0.1, 0.15) is 5.75 Å². The molecule has 152 valence electrons. The van der Waals surface area contributed by atoms with Crippen LogP contribution in [-0.2, 0) is 6.42 Å². The van der Waals surface area contributed by atoms with Gasteiger partial charge in [-0.3, -0.25) is 0 Å². The fourth-order valence-electron chi connectivity index (χ4n) is 5.36. The predicted molar refractivity (Wildman–Crippen MR) is 130 cm³/mol. The number of phenolic OH excluding ortho intramolecular Hbond substituents is 1. The molecule has 0 amide bonds. The Kier molecular flexibility index (Phi) is 4.21. The monoisotopic (exact) mass is 423 g/mol. The van der Waals surface area contributed by atoms with E-state index in [9.17, 15) is 5.11 Å². The van der Waals surface area contributed by atoms with Gasteiger partial charge in [-0.15, -0.1) is 11.6 Å². The molecule has 5 aromatic rings. The van der Waals surface area contributed by atoms with Gasteiger partial charge >= 0.3 is 0 Å². The van der Waals surface area contributed by atoms with Crippen LogP contribution in [0.3, 0.4) is 0 Å². The minimum absolute atomic E-state index is 0.156. The molecule has 0 bridgehead atoms. The Morgan fingerprint density at radius 1 is 0.677 bits per heavy atom. The Morgan fingerprint density at radius 3 is 2.10 bits per heavy atom. The van der Waals surface area contributed by atoms with Crippen molar-refractivity contribution in [2.75, 3.05) is 0 Å². The summed E-state index contributed by atoms with van der Waals surface area (Å²) in [7, 11) is 0. The Hall–Kier alpha value is -3.07. The van der Waals surface area contributed by atoms with Crippen LogP contribution in [-0.4, -0.2) is 11.1 Å². The summed E-state index contributed by atoms with van der Waals surface area (Å²) in [6.45, 7) is 0. The zero-order chi connectivity index (χ0) is 21.1. The molecule has 0 radical (unpaired) electrons. The zero-order valence-corrected chi connectivity index (χ0v) is 17.7. The topological polar surface area (TPSA) is 46.2 Å². The summed E-state index contributed by atoms with van der Waals surface area (Å²) in [6.07, 6.45) is 0.727. The number of hydrogen-bond donors (Lipinski definition) is 2. The van der Waals surface area contributed by atoms with Crippen LogP contribution in [0.15, 0.2) is 84.9 Å². The number of alkyl halides is 1. The first-order chi connectivity index (χ1) is 15.1. The Bertz CT molecular complexity index is 1470. The summed E-state index contributed by atoms with van der Waals surface area (Å²) in [6, 6.07) is 28.9. The summed E-state index contributed by atoms with van der Waals surface area (Å²) in [5.74, 6) is 0.135. The maximum absolute atomic E-state index is 11.1. The smallest absolute Gasteiger partial charge is 0.126 e. The van der Waals surface area contributed by atoms with Crippen molar-refractivity contribution in [1.29, 1.82) is 0 Å². The highest BCUT2D eigenvalue weighted by atomic mass is 35.5. The van der Waals surface area contributed by atoms with E-state index in [0.717, 1.165) is 28.3 Å². The van der Waals surface area contributed by atoms with E-state index in [4.69, 9.17) is 17.3 Å². The van der Waals surface area contributed by atoms with Crippen molar-refractivity contribution in [3.8, 4) is 5.75 Å². The van der Waals surface area contributed by atoms with E-state index in [1.54, 1.807) is 0 Å². The average Bonchev–Trinajstić information content (AvgIpc) is 2.80. The van der Waals surface area contributed by atoms with Crippen molar-refractivity contribution in [3.63, 3.8) is 0 Å². The van der Waals surface area contributed by atoms with Crippen LogP contribution in [0, 0.1) is 0 Å². The minimum Gasteiger partial charge on any atom is -0.507 e. The normalized spacial score (nSPS) is 20.9. The fraction of sp³-hybridized carbons (Fsp3) is 0.143. The third-order valence-corrected chi connectivity index (χ3v) is 7.38. The van der Waals surface area contributed by atoms with Crippen molar-refractivity contribution >= 4 is 43.9 Å². The van der Waals surface area contributed by atoms with Crippen LogP contribution in [0.2, 0.25) is 0 Å². The highest BCUT2D eigenvalue weighted by molar-refractivity contribution is 6.22. The van der Waals surface area contributed by atoms with Gasteiger partial charge in [-0.1, -0.05) is 84.9 Å². The second kappa shape index (κ2) is 6.98. The molecule has 0 saturated heterocycles. The average molecular weight is 424 g/mol. The molecule has 1 aliphatic rings. The molecule has 6 rings (SSSR count). The van der Waals surface area contributed by atoms with E-state index >= 15 is 0 Å². The quantitative estimate of drug-likeness (QED) is 0.230. The van der Waals surface area contributed by atoms with Crippen LogP contribution < -0.4 is 5.73 Å². The SMILES string of the molecule is NC1Cc2c(ccc3c2ccc2ccccc23)C(Cl)C1c1ccc2ccccc2c1O. The number of hydrogen-bond acceptors (Lipinski definition) is 2. The van der Waals surface area contributed by atoms with E-state index in [1.807, 2.05) is 36.4 Å². The number of benzene rings is 5. The second-order valence-corrected chi connectivity index (χ2v) is 9.01. The van der Waals surface area contributed by atoms with Gasteiger partial charge in [0.25, 0.3) is 0 Å². The molecule has 0 spiro atoms. The Labute approximate surface area is 185 Å².